The Bertz CT molecular complexity index is 2110. The van der Waals surface area contributed by atoms with Crippen LogP contribution in [0.3, 0.4) is 0 Å². The predicted octanol–water partition coefficient (Wildman–Crippen LogP) is 11.7. The highest BCUT2D eigenvalue weighted by atomic mass is 16.5. The van der Waals surface area contributed by atoms with Gasteiger partial charge in [0.2, 0.25) is 5.69 Å². The Balaban J connectivity index is 1.28. The lowest BCUT2D eigenvalue weighted by atomic mass is 9.77. The molecule has 4 aromatic rings. The molecule has 0 radical (unpaired) electrons. The number of anilines is 1. The molecule has 2 N–H and O–H groups in total. The average Bonchev–Trinajstić information content (AvgIpc) is 3.53. The van der Waals surface area contributed by atoms with Crippen molar-refractivity contribution in [2.75, 3.05) is 24.6 Å². The Morgan fingerprint density at radius 3 is 2.44 bits per heavy atom. The predicted molar refractivity (Wildman–Crippen MR) is 227 cm³/mol. The maximum Gasteiger partial charge on any atom is 0.303 e. The summed E-state index contributed by atoms with van der Waals surface area (Å²) in [5.41, 5.74) is 8.82. The van der Waals surface area contributed by atoms with Crippen molar-refractivity contribution < 1.29 is 24.3 Å². The summed E-state index contributed by atoms with van der Waals surface area (Å²) in [6.07, 6.45) is 19.4. The molecule has 6 heteroatoms. The minimum absolute atomic E-state index is 0.0991. The molecule has 0 saturated heterocycles. The number of phenolic OH excluding ortho intramolecular Hbond substituents is 1. The first-order valence-corrected chi connectivity index (χ1v) is 20.3. The number of benzene rings is 4. The fourth-order valence-corrected chi connectivity index (χ4v) is 8.72. The van der Waals surface area contributed by atoms with E-state index in [1.165, 1.54) is 69.5 Å². The van der Waals surface area contributed by atoms with Crippen LogP contribution in [0.1, 0.15) is 102 Å². The smallest absolute Gasteiger partial charge is 0.303 e. The van der Waals surface area contributed by atoms with Crippen LogP contribution in [0, 0.1) is 6.92 Å². The number of rotatable bonds is 18. The van der Waals surface area contributed by atoms with E-state index in [1.807, 2.05) is 12.1 Å². The van der Waals surface area contributed by atoms with Gasteiger partial charge in [-0.1, -0.05) is 86.4 Å². The third-order valence-corrected chi connectivity index (χ3v) is 11.6. The molecule has 288 valence electrons. The van der Waals surface area contributed by atoms with Gasteiger partial charge in [-0.2, -0.15) is 4.58 Å². The highest BCUT2D eigenvalue weighted by Gasteiger charge is 2.45. The number of aromatic hydroxyl groups is 1. The summed E-state index contributed by atoms with van der Waals surface area (Å²) in [6.45, 7) is 13.8. The van der Waals surface area contributed by atoms with E-state index in [0.29, 0.717) is 13.0 Å². The summed E-state index contributed by atoms with van der Waals surface area (Å²) in [7, 11) is 0. The monoisotopic (exact) mass is 739 g/mol. The highest BCUT2D eigenvalue weighted by molar-refractivity contribution is 6.07. The van der Waals surface area contributed by atoms with E-state index in [9.17, 15) is 15.0 Å². The first-order chi connectivity index (χ1) is 26.5. The van der Waals surface area contributed by atoms with E-state index >= 15 is 0 Å². The lowest BCUT2D eigenvalue weighted by Gasteiger charge is -2.30. The summed E-state index contributed by atoms with van der Waals surface area (Å²) < 4.78 is 8.52. The van der Waals surface area contributed by atoms with Crippen molar-refractivity contribution in [1.29, 1.82) is 0 Å². The van der Waals surface area contributed by atoms with Crippen LogP contribution < -0.4 is 9.64 Å². The highest BCUT2D eigenvalue weighted by Crippen LogP contribution is 2.51. The Labute approximate surface area is 328 Å². The molecular formula is C49H59N2O4+. The molecule has 1 unspecified atom stereocenters. The van der Waals surface area contributed by atoms with Crippen LogP contribution in [0.5, 0.6) is 11.5 Å². The van der Waals surface area contributed by atoms with Crippen molar-refractivity contribution in [3.05, 3.63) is 132 Å². The van der Waals surface area contributed by atoms with Crippen molar-refractivity contribution in [2.24, 2.45) is 0 Å². The number of nitrogens with zero attached hydrogens (tertiary/aromatic N) is 2. The summed E-state index contributed by atoms with van der Waals surface area (Å²) in [5, 5.41) is 21.4. The largest absolute Gasteiger partial charge is 0.508 e. The van der Waals surface area contributed by atoms with Crippen molar-refractivity contribution in [3.63, 3.8) is 0 Å². The van der Waals surface area contributed by atoms with Crippen LogP contribution in [0.2, 0.25) is 0 Å². The zero-order valence-corrected chi connectivity index (χ0v) is 33.5. The maximum atomic E-state index is 11.2. The third-order valence-electron chi connectivity index (χ3n) is 11.6. The molecule has 2 aliphatic rings. The molecule has 1 atom stereocenters. The Morgan fingerprint density at radius 1 is 0.873 bits per heavy atom. The van der Waals surface area contributed by atoms with Crippen LogP contribution in [0.15, 0.2) is 115 Å². The molecule has 0 bridgehead atoms. The first kappa shape index (κ1) is 39.6. The van der Waals surface area contributed by atoms with Gasteiger partial charge in [-0.15, -0.1) is 0 Å². The fraction of sp³-hybridized carbons (Fsp3) is 0.388. The molecular weight excluding hydrogens is 681 g/mol. The van der Waals surface area contributed by atoms with E-state index in [4.69, 9.17) is 4.74 Å². The van der Waals surface area contributed by atoms with Crippen LogP contribution in [0.4, 0.5) is 11.4 Å². The summed E-state index contributed by atoms with van der Waals surface area (Å²) in [5.74, 6) is 0.278. The van der Waals surface area contributed by atoms with Gasteiger partial charge in [-0.05, 0) is 112 Å². The van der Waals surface area contributed by atoms with E-state index in [-0.39, 0.29) is 23.0 Å². The molecule has 6 rings (SSSR count). The second-order valence-electron chi connectivity index (χ2n) is 16.0. The molecule has 6 nitrogen and oxygen atoms in total. The molecule has 55 heavy (non-hydrogen) atoms. The van der Waals surface area contributed by atoms with Crippen molar-refractivity contribution in [1.82, 2.24) is 0 Å². The molecule has 0 amide bonds. The molecule has 0 saturated carbocycles. The number of phenols is 1. The van der Waals surface area contributed by atoms with Gasteiger partial charge < -0.3 is 19.8 Å². The first-order valence-electron chi connectivity index (χ1n) is 20.3. The van der Waals surface area contributed by atoms with Gasteiger partial charge in [0, 0.05) is 53.9 Å². The number of carboxylic acid groups (broad SMARTS) is 1. The van der Waals surface area contributed by atoms with Gasteiger partial charge >= 0.3 is 5.97 Å². The van der Waals surface area contributed by atoms with Crippen LogP contribution in [-0.2, 0) is 15.6 Å². The quantitative estimate of drug-likeness (QED) is 0.0604. The molecule has 0 aliphatic carbocycles. The average molecular weight is 740 g/mol. The van der Waals surface area contributed by atoms with E-state index < -0.39 is 5.97 Å². The number of hydrogen-bond acceptors (Lipinski definition) is 4. The van der Waals surface area contributed by atoms with E-state index in [0.717, 1.165) is 44.5 Å². The number of para-hydroxylation sites is 1. The summed E-state index contributed by atoms with van der Waals surface area (Å²) in [6, 6.07) is 27.1. The normalized spacial score (nSPS) is 18.3. The van der Waals surface area contributed by atoms with Gasteiger partial charge in [0.25, 0.3) is 0 Å². The van der Waals surface area contributed by atoms with Crippen molar-refractivity contribution in [2.45, 2.75) is 103 Å². The summed E-state index contributed by atoms with van der Waals surface area (Å²) >= 11 is 0. The zero-order chi connectivity index (χ0) is 39.0. The van der Waals surface area contributed by atoms with Crippen LogP contribution in [-0.4, -0.2) is 46.2 Å². The fourth-order valence-electron chi connectivity index (χ4n) is 8.72. The van der Waals surface area contributed by atoms with Crippen molar-refractivity contribution in [3.8, 4) is 11.5 Å². The number of fused-ring (bicyclic) bond motifs is 4. The minimum atomic E-state index is -0.725. The third kappa shape index (κ3) is 8.75. The maximum absolute atomic E-state index is 11.2. The second kappa shape index (κ2) is 17.6. The van der Waals surface area contributed by atoms with Crippen LogP contribution in [0.25, 0.3) is 10.8 Å². The number of hydrogen-bond donors (Lipinski definition) is 2. The topological polar surface area (TPSA) is 73.0 Å². The SMILES string of the molecule is CCCCCC1(C)C(=CC=CC=CC2=[N+](CCCCCC(=O)O)c3ccc4ccc(C)cc4c3C2(C)C)N(CCCOc2ccc(O)cc2)c2ccccc21. The van der Waals surface area contributed by atoms with Crippen LogP contribution >= 0.6 is 0 Å². The molecule has 2 heterocycles. The number of unbranched alkanes of at least 4 members (excludes halogenated alkanes) is 4. The van der Waals surface area contributed by atoms with Crippen molar-refractivity contribution >= 4 is 33.8 Å². The lowest BCUT2D eigenvalue weighted by molar-refractivity contribution is -0.438. The number of aliphatic carboxylic acids is 1. The van der Waals surface area contributed by atoms with E-state index in [2.05, 4.69) is 129 Å². The number of aryl methyl sites for hydroxylation is 1. The Kier molecular flexibility index (Phi) is 12.7. The zero-order valence-electron chi connectivity index (χ0n) is 33.5. The molecule has 0 fully saturated rings. The van der Waals surface area contributed by atoms with Gasteiger partial charge in [0.05, 0.1) is 12.0 Å². The number of carboxylic acids is 1. The van der Waals surface area contributed by atoms with Gasteiger partial charge in [0.1, 0.15) is 18.0 Å². The Morgan fingerprint density at radius 2 is 1.65 bits per heavy atom. The van der Waals surface area contributed by atoms with Gasteiger partial charge in [0.15, 0.2) is 5.71 Å². The standard InChI is InChI=1S/C49H58N2O4/c1-6-7-15-31-49(5)41-18-13-14-19-42(41)50(33-17-34-55-39-28-26-38(52)27-29-39)45(49)21-11-8-10-20-44-48(3,4)47-40-35-36(2)23-24-37(40)25-30-43(47)51(44)32-16-9-12-22-46(53)54/h8,10-11,13-14,18-21,23-30,35H,6-7,9,12,15-17,22,31-34H2,1-5H3,(H-,52,53,54)/p+1. The Hall–Kier alpha value is -5.10. The number of allylic oxidation sites excluding steroid dienone is 6. The molecule has 0 aromatic heterocycles. The van der Waals surface area contributed by atoms with Gasteiger partial charge in [-0.3, -0.25) is 4.79 Å². The summed E-state index contributed by atoms with van der Waals surface area (Å²) in [4.78, 5) is 13.7. The molecule has 2 aliphatic heterocycles. The number of ether oxygens (including phenoxy) is 1. The molecule has 4 aromatic carbocycles. The minimum Gasteiger partial charge on any atom is -0.508 e. The van der Waals surface area contributed by atoms with Gasteiger partial charge in [-0.25, -0.2) is 0 Å². The van der Waals surface area contributed by atoms with E-state index in [1.54, 1.807) is 12.1 Å². The molecule has 0 spiro atoms. The lowest BCUT2D eigenvalue weighted by Crippen LogP contribution is -2.30. The number of carbonyl (C=O) groups is 1. The second-order valence-corrected chi connectivity index (χ2v) is 16.0.